The Kier molecular flexibility index (Phi) is 6.69. The SMILES string of the molecule is CNC(=O)c1cc(Oc2ccc3cc(NC(=O)Nc4cccc(NC(C)=O)c4)sc3c2)ccn1. The number of carbonyl (C=O) groups is 3. The Balaban J connectivity index is 1.44. The summed E-state index contributed by atoms with van der Waals surface area (Å²) in [6.07, 6.45) is 1.51. The van der Waals surface area contributed by atoms with Gasteiger partial charge in [0.2, 0.25) is 5.91 Å². The van der Waals surface area contributed by atoms with Gasteiger partial charge in [-0.3, -0.25) is 19.9 Å². The molecule has 0 aliphatic rings. The Morgan fingerprint density at radius 3 is 2.41 bits per heavy atom. The summed E-state index contributed by atoms with van der Waals surface area (Å²) in [6.45, 7) is 1.42. The highest BCUT2D eigenvalue weighted by Crippen LogP contribution is 2.34. The Hall–Kier alpha value is -4.44. The lowest BCUT2D eigenvalue weighted by molar-refractivity contribution is -0.114. The summed E-state index contributed by atoms with van der Waals surface area (Å²) >= 11 is 1.40. The summed E-state index contributed by atoms with van der Waals surface area (Å²) < 4.78 is 6.80. The van der Waals surface area contributed by atoms with Crippen LogP contribution in [0.2, 0.25) is 0 Å². The van der Waals surface area contributed by atoms with Crippen LogP contribution in [0.1, 0.15) is 17.4 Å². The summed E-state index contributed by atoms with van der Waals surface area (Å²) in [4.78, 5) is 39.5. The van der Waals surface area contributed by atoms with Crippen molar-refractivity contribution < 1.29 is 19.1 Å². The lowest BCUT2D eigenvalue weighted by atomic mass is 10.2. The van der Waals surface area contributed by atoms with Crippen molar-refractivity contribution in [2.75, 3.05) is 23.0 Å². The number of aromatic nitrogens is 1. The molecular formula is C24H21N5O4S. The molecule has 9 nitrogen and oxygen atoms in total. The van der Waals surface area contributed by atoms with Gasteiger partial charge in [-0.1, -0.05) is 6.07 Å². The number of benzene rings is 2. The summed E-state index contributed by atoms with van der Waals surface area (Å²) in [5, 5.41) is 12.4. The van der Waals surface area contributed by atoms with Gasteiger partial charge in [0.05, 0.1) is 5.00 Å². The first-order valence-electron chi connectivity index (χ1n) is 10.2. The molecule has 0 aliphatic carbocycles. The van der Waals surface area contributed by atoms with Gasteiger partial charge in [0, 0.05) is 42.3 Å². The number of pyridine rings is 1. The highest BCUT2D eigenvalue weighted by molar-refractivity contribution is 7.23. The monoisotopic (exact) mass is 475 g/mol. The van der Waals surface area contributed by atoms with Crippen LogP contribution in [0.3, 0.4) is 0 Å². The van der Waals surface area contributed by atoms with Crippen molar-refractivity contribution in [1.82, 2.24) is 10.3 Å². The minimum Gasteiger partial charge on any atom is -0.457 e. The molecule has 0 saturated heterocycles. The standard InChI is InChI=1S/C24H21N5O4S/c1-14(30)27-16-4-3-5-17(11-16)28-24(32)29-22-10-15-6-7-18(13-21(15)34-22)33-19-8-9-26-20(12-19)23(31)25-2/h3-13H,1-2H3,(H,25,31)(H,27,30)(H2,28,29,32). The van der Waals surface area contributed by atoms with E-state index in [-0.39, 0.29) is 17.5 Å². The molecule has 2 aromatic heterocycles. The second kappa shape index (κ2) is 10.0. The van der Waals surface area contributed by atoms with Crippen LogP contribution in [0.15, 0.2) is 66.9 Å². The molecule has 4 amide bonds. The van der Waals surface area contributed by atoms with Crippen molar-refractivity contribution in [3.8, 4) is 11.5 Å². The third-order valence-corrected chi connectivity index (χ3v) is 5.61. The van der Waals surface area contributed by atoms with E-state index in [0.29, 0.717) is 27.9 Å². The first-order chi connectivity index (χ1) is 16.4. The van der Waals surface area contributed by atoms with Crippen LogP contribution in [-0.2, 0) is 4.79 Å². The molecule has 4 N–H and O–H groups in total. The number of hydrogen-bond acceptors (Lipinski definition) is 6. The number of carbonyl (C=O) groups excluding carboxylic acids is 3. The highest BCUT2D eigenvalue weighted by atomic mass is 32.1. The quantitative estimate of drug-likeness (QED) is 0.311. The van der Waals surface area contributed by atoms with E-state index < -0.39 is 6.03 Å². The molecule has 0 bridgehead atoms. The zero-order valence-corrected chi connectivity index (χ0v) is 19.2. The Labute approximate surface area is 199 Å². The third-order valence-electron chi connectivity index (χ3n) is 4.60. The molecule has 0 aliphatic heterocycles. The molecule has 0 saturated carbocycles. The number of ether oxygens (including phenoxy) is 1. The number of thiophene rings is 1. The van der Waals surface area contributed by atoms with Crippen LogP contribution in [0.5, 0.6) is 11.5 Å². The zero-order valence-electron chi connectivity index (χ0n) is 18.3. The van der Waals surface area contributed by atoms with Gasteiger partial charge < -0.3 is 20.7 Å². The van der Waals surface area contributed by atoms with Gasteiger partial charge in [-0.2, -0.15) is 0 Å². The normalized spacial score (nSPS) is 10.4. The smallest absolute Gasteiger partial charge is 0.324 e. The fourth-order valence-corrected chi connectivity index (χ4v) is 4.14. The van der Waals surface area contributed by atoms with E-state index >= 15 is 0 Å². The Morgan fingerprint density at radius 1 is 0.882 bits per heavy atom. The predicted molar refractivity (Wildman–Crippen MR) is 133 cm³/mol. The van der Waals surface area contributed by atoms with E-state index in [1.165, 1.54) is 31.5 Å². The second-order valence-corrected chi connectivity index (χ2v) is 8.29. The van der Waals surface area contributed by atoms with E-state index in [9.17, 15) is 14.4 Å². The van der Waals surface area contributed by atoms with Crippen LogP contribution < -0.4 is 26.0 Å². The van der Waals surface area contributed by atoms with Crippen LogP contribution in [0.4, 0.5) is 21.2 Å². The van der Waals surface area contributed by atoms with E-state index in [4.69, 9.17) is 4.74 Å². The molecule has 0 fully saturated rings. The number of nitrogens with zero attached hydrogens (tertiary/aromatic N) is 1. The van der Waals surface area contributed by atoms with E-state index in [0.717, 1.165) is 10.1 Å². The van der Waals surface area contributed by atoms with Gasteiger partial charge in [0.25, 0.3) is 5.91 Å². The Bertz CT molecular complexity index is 1380. The number of nitrogens with one attached hydrogen (secondary N) is 4. The predicted octanol–water partition coefficient (Wildman–Crippen LogP) is 5.05. The molecule has 0 unspecified atom stereocenters. The average Bonchev–Trinajstić information content (AvgIpc) is 3.19. The van der Waals surface area contributed by atoms with Crippen molar-refractivity contribution >= 4 is 55.6 Å². The average molecular weight is 476 g/mol. The summed E-state index contributed by atoms with van der Waals surface area (Å²) in [7, 11) is 1.54. The molecule has 0 atom stereocenters. The van der Waals surface area contributed by atoms with Crippen LogP contribution in [0.25, 0.3) is 10.1 Å². The van der Waals surface area contributed by atoms with Crippen molar-refractivity contribution in [1.29, 1.82) is 0 Å². The number of urea groups is 1. The van der Waals surface area contributed by atoms with Gasteiger partial charge in [0.1, 0.15) is 17.2 Å². The molecule has 0 radical (unpaired) electrons. The van der Waals surface area contributed by atoms with Gasteiger partial charge in [-0.15, -0.1) is 11.3 Å². The zero-order chi connectivity index (χ0) is 24.1. The van der Waals surface area contributed by atoms with Crippen molar-refractivity contribution in [3.63, 3.8) is 0 Å². The van der Waals surface area contributed by atoms with E-state index in [1.54, 1.807) is 36.4 Å². The van der Waals surface area contributed by atoms with Crippen molar-refractivity contribution in [3.05, 3.63) is 72.6 Å². The highest BCUT2D eigenvalue weighted by Gasteiger charge is 2.10. The minimum atomic E-state index is -0.401. The molecule has 0 spiro atoms. The molecule has 2 heterocycles. The van der Waals surface area contributed by atoms with Crippen LogP contribution in [0, 0.1) is 0 Å². The third kappa shape index (κ3) is 5.67. The fraction of sp³-hybridized carbons (Fsp3) is 0.0833. The maximum Gasteiger partial charge on any atom is 0.324 e. The van der Waals surface area contributed by atoms with Crippen molar-refractivity contribution in [2.24, 2.45) is 0 Å². The maximum absolute atomic E-state index is 12.4. The largest absolute Gasteiger partial charge is 0.457 e. The summed E-state index contributed by atoms with van der Waals surface area (Å²) in [5.74, 6) is 0.596. The van der Waals surface area contributed by atoms with Crippen LogP contribution >= 0.6 is 11.3 Å². The summed E-state index contributed by atoms with van der Waals surface area (Å²) in [6, 6.07) is 17.1. The lowest BCUT2D eigenvalue weighted by Crippen LogP contribution is -2.18. The van der Waals surface area contributed by atoms with E-state index in [2.05, 4.69) is 26.3 Å². The van der Waals surface area contributed by atoms with Crippen molar-refractivity contribution in [2.45, 2.75) is 6.92 Å². The first kappa shape index (κ1) is 22.7. The van der Waals surface area contributed by atoms with Gasteiger partial charge in [0.15, 0.2) is 0 Å². The van der Waals surface area contributed by atoms with Gasteiger partial charge in [-0.25, -0.2) is 4.79 Å². The van der Waals surface area contributed by atoms with Gasteiger partial charge >= 0.3 is 6.03 Å². The van der Waals surface area contributed by atoms with E-state index in [1.807, 2.05) is 24.3 Å². The number of rotatable bonds is 6. The second-order valence-electron chi connectivity index (χ2n) is 7.21. The molecular weight excluding hydrogens is 454 g/mol. The topological polar surface area (TPSA) is 121 Å². The molecule has 4 aromatic rings. The first-order valence-corrected chi connectivity index (χ1v) is 11.1. The van der Waals surface area contributed by atoms with Gasteiger partial charge in [-0.05, 0) is 53.9 Å². The number of amides is 4. The van der Waals surface area contributed by atoms with Crippen LogP contribution in [-0.4, -0.2) is 29.9 Å². The fourth-order valence-electron chi connectivity index (χ4n) is 3.15. The lowest BCUT2D eigenvalue weighted by Gasteiger charge is -2.08. The number of fused-ring (bicyclic) bond motifs is 1. The molecule has 10 heteroatoms. The Morgan fingerprint density at radius 2 is 1.65 bits per heavy atom. The molecule has 34 heavy (non-hydrogen) atoms. The number of anilines is 3. The molecule has 2 aromatic carbocycles. The molecule has 4 rings (SSSR count). The summed E-state index contributed by atoms with van der Waals surface area (Å²) in [5.41, 5.74) is 1.41. The number of hydrogen-bond donors (Lipinski definition) is 4. The maximum atomic E-state index is 12.4. The molecule has 172 valence electrons. The minimum absolute atomic E-state index is 0.189.